The predicted octanol–water partition coefficient (Wildman–Crippen LogP) is 8.33. The Morgan fingerprint density at radius 1 is 1.11 bits per heavy atom. The molecule has 0 saturated carbocycles. The molecule has 0 radical (unpaired) electrons. The molecule has 3 aromatic heterocycles. The van der Waals surface area contributed by atoms with E-state index in [2.05, 4.69) is 51.5 Å². The van der Waals surface area contributed by atoms with Crippen molar-refractivity contribution >= 4 is 68.7 Å². The fraction of sp³-hybridized carbons (Fsp3) is 0.111. The molecule has 3 heterocycles. The molecule has 5 aromatic rings. The highest BCUT2D eigenvalue weighted by atomic mass is 35.5. The van der Waals surface area contributed by atoms with Gasteiger partial charge in [0.25, 0.3) is 0 Å². The minimum Gasteiger partial charge on any atom is -0.301 e. The Balaban J connectivity index is 1.31. The molecular formula is C27H21Cl2N5OS3. The lowest BCUT2D eigenvalue weighted by Crippen LogP contribution is -2.14. The van der Waals surface area contributed by atoms with Crippen LogP contribution < -0.4 is 5.32 Å². The number of nitrogens with one attached hydrogen (secondary N) is 1. The topological polar surface area (TPSA) is 72.7 Å². The van der Waals surface area contributed by atoms with E-state index in [0.29, 0.717) is 32.6 Å². The van der Waals surface area contributed by atoms with E-state index in [4.69, 9.17) is 23.2 Å². The van der Waals surface area contributed by atoms with E-state index in [9.17, 15) is 4.79 Å². The molecule has 192 valence electrons. The number of hydrogen-bond acceptors (Lipinski definition) is 7. The van der Waals surface area contributed by atoms with Gasteiger partial charge in [0, 0.05) is 43.9 Å². The normalized spacial score (nSPS) is 11.0. The van der Waals surface area contributed by atoms with Crippen molar-refractivity contribution in [2.45, 2.75) is 18.6 Å². The molecule has 6 nitrogen and oxygen atoms in total. The van der Waals surface area contributed by atoms with Crippen LogP contribution in [-0.2, 0) is 11.3 Å². The first-order valence-electron chi connectivity index (χ1n) is 11.5. The first-order valence-corrected chi connectivity index (χ1v) is 15.0. The van der Waals surface area contributed by atoms with Gasteiger partial charge < -0.3 is 5.32 Å². The number of aromatic nitrogens is 4. The molecule has 0 spiro atoms. The fourth-order valence-corrected chi connectivity index (χ4v) is 6.75. The van der Waals surface area contributed by atoms with E-state index in [1.54, 1.807) is 29.5 Å². The summed E-state index contributed by atoms with van der Waals surface area (Å²) in [6.07, 6.45) is 1.80. The van der Waals surface area contributed by atoms with Crippen molar-refractivity contribution in [1.29, 1.82) is 0 Å². The van der Waals surface area contributed by atoms with Crippen molar-refractivity contribution in [3.8, 4) is 33.8 Å². The van der Waals surface area contributed by atoms with Crippen LogP contribution in [0.3, 0.4) is 0 Å². The Labute approximate surface area is 242 Å². The number of amides is 1. The molecule has 0 aliphatic heterocycles. The Kier molecular flexibility index (Phi) is 8.30. The summed E-state index contributed by atoms with van der Waals surface area (Å²) in [5.41, 5.74) is 4.72. The first kappa shape index (κ1) is 26.6. The van der Waals surface area contributed by atoms with Crippen LogP contribution in [0.1, 0.15) is 4.88 Å². The zero-order valence-electron chi connectivity index (χ0n) is 20.1. The van der Waals surface area contributed by atoms with Crippen LogP contribution in [0.4, 0.5) is 5.13 Å². The average Bonchev–Trinajstić information content (AvgIpc) is 3.62. The van der Waals surface area contributed by atoms with E-state index in [0.717, 1.165) is 28.1 Å². The van der Waals surface area contributed by atoms with Gasteiger partial charge in [0.15, 0.2) is 16.1 Å². The molecule has 38 heavy (non-hydrogen) atoms. The maximum Gasteiger partial charge on any atom is 0.236 e. The number of anilines is 1. The zero-order chi connectivity index (χ0) is 26.6. The van der Waals surface area contributed by atoms with Crippen molar-refractivity contribution in [1.82, 2.24) is 19.7 Å². The summed E-state index contributed by atoms with van der Waals surface area (Å²) in [5.74, 6) is 0.713. The molecule has 0 aliphatic carbocycles. The summed E-state index contributed by atoms with van der Waals surface area (Å²) in [4.78, 5) is 18.5. The molecule has 0 unspecified atom stereocenters. The molecule has 11 heteroatoms. The molecule has 0 aliphatic rings. The average molecular weight is 599 g/mol. The van der Waals surface area contributed by atoms with Gasteiger partial charge in [0.05, 0.1) is 16.5 Å². The number of rotatable bonds is 9. The SMILES string of the molecule is C=CCn1c(SCC(=O)Nc2nc(-c3ccc(Cl)cc3Cl)cs2)nnc1-c1csc(C)c1-c1ccccc1. The first-order chi connectivity index (χ1) is 18.4. The number of carbonyl (C=O) groups excluding carboxylic acids is 1. The van der Waals surface area contributed by atoms with Gasteiger partial charge in [0.2, 0.25) is 5.91 Å². The maximum absolute atomic E-state index is 12.7. The molecule has 0 bridgehead atoms. The van der Waals surface area contributed by atoms with E-state index < -0.39 is 0 Å². The van der Waals surface area contributed by atoms with Gasteiger partial charge in [0.1, 0.15) is 0 Å². The van der Waals surface area contributed by atoms with Crippen molar-refractivity contribution in [2.24, 2.45) is 0 Å². The highest BCUT2D eigenvalue weighted by Crippen LogP contribution is 2.39. The summed E-state index contributed by atoms with van der Waals surface area (Å²) in [6.45, 7) is 6.53. The smallest absolute Gasteiger partial charge is 0.236 e. The second-order valence-corrected chi connectivity index (χ2v) is 11.9. The third-order valence-corrected chi connectivity index (χ3v) is 8.78. The Bertz CT molecular complexity index is 1610. The molecular weight excluding hydrogens is 577 g/mol. The molecule has 2 aromatic carbocycles. The van der Waals surface area contributed by atoms with Gasteiger partial charge in [-0.2, -0.15) is 0 Å². The second kappa shape index (κ2) is 11.8. The van der Waals surface area contributed by atoms with E-state index in [-0.39, 0.29) is 11.7 Å². The maximum atomic E-state index is 12.7. The van der Waals surface area contributed by atoms with Gasteiger partial charge in [-0.1, -0.05) is 71.4 Å². The summed E-state index contributed by atoms with van der Waals surface area (Å²) in [5, 5.41) is 17.9. The van der Waals surface area contributed by atoms with Crippen LogP contribution in [-0.4, -0.2) is 31.4 Å². The minimum absolute atomic E-state index is 0.153. The van der Waals surface area contributed by atoms with Crippen molar-refractivity contribution < 1.29 is 4.79 Å². The van der Waals surface area contributed by atoms with Crippen LogP contribution in [0.5, 0.6) is 0 Å². The van der Waals surface area contributed by atoms with Crippen LogP contribution in [0.2, 0.25) is 10.0 Å². The predicted molar refractivity (Wildman–Crippen MR) is 161 cm³/mol. The van der Waals surface area contributed by atoms with E-state index in [1.165, 1.54) is 28.0 Å². The van der Waals surface area contributed by atoms with Crippen LogP contribution in [0.15, 0.2) is 77.1 Å². The summed E-state index contributed by atoms with van der Waals surface area (Å²) < 4.78 is 1.99. The lowest BCUT2D eigenvalue weighted by molar-refractivity contribution is -0.113. The third-order valence-electron chi connectivity index (χ3n) is 5.60. The van der Waals surface area contributed by atoms with Gasteiger partial charge in [-0.05, 0) is 30.7 Å². The number of halogens is 2. The van der Waals surface area contributed by atoms with Crippen molar-refractivity contribution in [3.63, 3.8) is 0 Å². The number of hydrogen-bond donors (Lipinski definition) is 1. The highest BCUT2D eigenvalue weighted by Gasteiger charge is 2.21. The number of carbonyl (C=O) groups is 1. The Hall–Kier alpha value is -2.95. The molecule has 1 N–H and O–H groups in total. The van der Waals surface area contributed by atoms with E-state index >= 15 is 0 Å². The van der Waals surface area contributed by atoms with Gasteiger partial charge in [-0.3, -0.25) is 9.36 Å². The van der Waals surface area contributed by atoms with Crippen molar-refractivity contribution in [3.05, 3.63) is 86.9 Å². The van der Waals surface area contributed by atoms with Crippen molar-refractivity contribution in [2.75, 3.05) is 11.1 Å². The third kappa shape index (κ3) is 5.72. The minimum atomic E-state index is -0.191. The summed E-state index contributed by atoms with van der Waals surface area (Å²) in [6, 6.07) is 15.5. The highest BCUT2D eigenvalue weighted by molar-refractivity contribution is 7.99. The number of nitrogens with zero attached hydrogens (tertiary/aromatic N) is 4. The molecule has 0 atom stereocenters. The lowest BCUT2D eigenvalue weighted by Gasteiger charge is -2.09. The number of thiazole rings is 1. The number of benzene rings is 2. The van der Waals surface area contributed by atoms with Crippen LogP contribution in [0.25, 0.3) is 33.8 Å². The zero-order valence-corrected chi connectivity index (χ0v) is 24.1. The van der Waals surface area contributed by atoms with Gasteiger partial charge in [-0.25, -0.2) is 4.98 Å². The number of thioether (sulfide) groups is 1. The standard InChI is InChI=1S/C27H21Cl2N5OS3/c1-3-11-34-25(20-13-36-16(2)24(20)17-7-5-4-6-8-17)32-33-27(34)38-15-23(35)31-26-30-22(14-37-26)19-10-9-18(28)12-21(19)29/h3-10,12-14H,1,11,15H2,2H3,(H,30,31,35). The largest absolute Gasteiger partial charge is 0.301 e. The Morgan fingerprint density at radius 3 is 2.68 bits per heavy atom. The van der Waals surface area contributed by atoms with Crippen LogP contribution >= 0.6 is 57.6 Å². The van der Waals surface area contributed by atoms with Gasteiger partial charge >= 0.3 is 0 Å². The quantitative estimate of drug-likeness (QED) is 0.136. The summed E-state index contributed by atoms with van der Waals surface area (Å²) in [7, 11) is 0. The second-order valence-electron chi connectivity index (χ2n) is 8.15. The number of allylic oxidation sites excluding steroid dienone is 1. The number of aryl methyl sites for hydroxylation is 1. The Morgan fingerprint density at radius 2 is 1.92 bits per heavy atom. The molecule has 5 rings (SSSR count). The molecule has 1 amide bonds. The molecule has 0 fully saturated rings. The van der Waals surface area contributed by atoms with E-state index in [1.807, 2.05) is 34.2 Å². The monoisotopic (exact) mass is 597 g/mol. The van der Waals surface area contributed by atoms with Crippen LogP contribution in [0, 0.1) is 6.92 Å². The van der Waals surface area contributed by atoms with Gasteiger partial charge in [-0.15, -0.1) is 39.4 Å². The lowest BCUT2D eigenvalue weighted by atomic mass is 10.0. The number of thiophene rings is 1. The fourth-order valence-electron chi connectivity index (χ4n) is 3.91. The summed E-state index contributed by atoms with van der Waals surface area (Å²) >= 11 is 16.6. The molecule has 0 saturated heterocycles.